The van der Waals surface area contributed by atoms with E-state index in [1.807, 2.05) is 38.5 Å². The van der Waals surface area contributed by atoms with E-state index in [0.29, 0.717) is 0 Å². The molecule has 0 amide bonds. The van der Waals surface area contributed by atoms with Gasteiger partial charge in [0, 0.05) is 0 Å². The van der Waals surface area contributed by atoms with Gasteiger partial charge in [-0.05, 0) is 397 Å². The zero-order chi connectivity index (χ0) is 38.1. The van der Waals surface area contributed by atoms with E-state index in [4.69, 9.17) is 0 Å². The second-order valence-corrected chi connectivity index (χ2v) is 46.6. The van der Waals surface area contributed by atoms with Crippen LogP contribution < -0.4 is 0 Å². The van der Waals surface area contributed by atoms with Gasteiger partial charge in [0.15, 0.2) is 0 Å². The molecule has 0 heteroatoms. The molecular formula is C70H36. The Morgan fingerprint density at radius 1 is 0.200 bits per heavy atom. The maximum Gasteiger partial charge on any atom is -0.0000591 e. The quantitative estimate of drug-likeness (QED) is 0.311. The van der Waals surface area contributed by atoms with E-state index in [0.717, 1.165) is 217 Å². The molecular weight excluding hydrogens is 841 g/mol. The second kappa shape index (κ2) is 3.16. The smallest absolute Gasteiger partial charge is 0.0000591 e. The summed E-state index contributed by atoms with van der Waals surface area (Å²) in [6, 6.07) is 0. The Balaban J connectivity index is 0.728. The molecule has 70 heavy (non-hydrogen) atoms. The van der Waals surface area contributed by atoms with E-state index in [2.05, 4.69) is 0 Å². The first-order valence-electron chi connectivity index (χ1n) is 34.8. The Morgan fingerprint density at radius 3 is 1.21 bits per heavy atom. The van der Waals surface area contributed by atoms with E-state index in [1.54, 1.807) is 0 Å². The predicted octanol–water partition coefficient (Wildman–Crippen LogP) is 5.29. The molecule has 53 aliphatic carbocycles. The molecule has 316 valence electrons. The molecule has 0 radical (unpaired) electrons. The van der Waals surface area contributed by atoms with Gasteiger partial charge in [-0.2, -0.15) is 0 Å². The van der Waals surface area contributed by atoms with Crippen molar-refractivity contribution in [2.45, 2.75) is 38.5 Å². The highest BCUT2D eigenvalue weighted by atomic mass is 15.8. The molecule has 64 atom stereocenters. The topological polar surface area (TPSA) is 0 Å². The van der Waals surface area contributed by atoms with Gasteiger partial charge in [0.1, 0.15) is 0 Å². The van der Waals surface area contributed by atoms with Crippen LogP contribution in [0.3, 0.4) is 0 Å². The van der Waals surface area contributed by atoms with Crippen molar-refractivity contribution in [2.75, 3.05) is 0 Å². The zero-order valence-corrected chi connectivity index (χ0v) is 38.1. The summed E-state index contributed by atoms with van der Waals surface area (Å²) in [5, 5.41) is 0. The molecule has 0 heterocycles. The first-order valence-corrected chi connectivity index (χ1v) is 34.8. The van der Waals surface area contributed by atoms with Gasteiger partial charge in [0.05, 0.1) is 0 Å². The highest BCUT2D eigenvalue weighted by molar-refractivity contribution is 6.23. The SMILES string of the molecule is C1C2C3C4C5CC6C7C8C9C%10%11CC%12C%13CC%14%15CC%16C%17C%18C%19CC%20C%21C%22C%23C%24C%25C%26C%27C1C21C32C43C56C74C85C96C%107C89C%12%11C%10C%13%14C%11%12C%16%15C%17%13C%18%14C%19%20C%21%15C%22%16C%23%17C%24%18C%25%19C%26%20C%271C21C34C52C%201C%191C62C72C%181C%171C%163C%14%15C%13%11C3(C%10%128)C912. The van der Waals surface area contributed by atoms with Crippen molar-refractivity contribution in [3.8, 4) is 0 Å². The summed E-state index contributed by atoms with van der Waals surface area (Å²) in [6.07, 6.45) is 11.6. The van der Waals surface area contributed by atoms with Crippen LogP contribution in [0.25, 0.3) is 0 Å². The molecule has 0 aromatic heterocycles. The van der Waals surface area contributed by atoms with Gasteiger partial charge in [-0.15, -0.1) is 0 Å². The molecule has 0 aromatic rings. The summed E-state index contributed by atoms with van der Waals surface area (Å²) in [5.41, 5.74) is 45.3. The molecule has 64 unspecified atom stereocenters. The van der Waals surface area contributed by atoms with Gasteiger partial charge in [0.25, 0.3) is 0 Å². The highest BCUT2D eigenvalue weighted by Crippen LogP contribution is 3.80. The van der Waals surface area contributed by atoms with E-state index in [1.165, 1.54) is 142 Å². The molecule has 0 N–H and O–H groups in total. The molecule has 0 saturated heterocycles. The number of hydrogen-bond donors (Lipinski definition) is 0. The average Bonchev–Trinajstić information content (AvgIpc) is 0.485. The van der Waals surface area contributed by atoms with Crippen LogP contribution in [0.5, 0.6) is 0 Å². The van der Waals surface area contributed by atoms with Crippen LogP contribution in [0.1, 0.15) is 38.5 Å². The highest BCUT2D eigenvalue weighted by Gasteiger charge is 3.79. The summed E-state index contributed by atoms with van der Waals surface area (Å²) in [5.74, 6) is 34.1. The van der Waals surface area contributed by atoms with Gasteiger partial charge in [0.2, 0.25) is 0 Å². The van der Waals surface area contributed by atoms with E-state index >= 15 is 0 Å². The Labute approximate surface area is 395 Å². The summed E-state index contributed by atoms with van der Waals surface area (Å²) >= 11 is 0. The third-order valence-corrected chi connectivity index (χ3v) is 63.8. The van der Waals surface area contributed by atoms with Crippen LogP contribution in [0.2, 0.25) is 0 Å². The lowest BCUT2D eigenvalue weighted by Gasteiger charge is -3.75. The van der Waals surface area contributed by atoms with Crippen molar-refractivity contribution in [3.63, 3.8) is 0 Å². The Morgan fingerprint density at radius 2 is 0.586 bits per heavy atom. The molecule has 53 saturated carbocycles. The van der Waals surface area contributed by atoms with Crippen LogP contribution in [-0.2, 0) is 0 Å². The van der Waals surface area contributed by atoms with Crippen LogP contribution in [-0.4, -0.2) is 0 Å². The molecule has 0 aliphatic heterocycles. The van der Waals surface area contributed by atoms with Crippen molar-refractivity contribution in [3.05, 3.63) is 0 Å². The molecule has 53 fully saturated rings. The monoisotopic (exact) mass is 876 g/mol. The Hall–Kier alpha value is 0. The maximum atomic E-state index is 2.03. The third kappa shape index (κ3) is 0.426. The first kappa shape index (κ1) is 22.4. The van der Waals surface area contributed by atoms with Crippen LogP contribution in [0.15, 0.2) is 0 Å². The number of rotatable bonds is 0. The van der Waals surface area contributed by atoms with E-state index in [9.17, 15) is 0 Å². The largest absolute Gasteiger partial charge is 0.0458 e. The standard InChI is InChI=1S/C70H36/c1-7-16-17-8-3-12-21-28-29-32-6-14-13-4-31-5-15-22-18-9-2-11-20-24-26-27-25-23-19-10(1)33(7)39(16)40(17)34(8,12)44(21)51(28)52(29)54(32)56-37(14,32)30-36(13,31)55-38(15,31)45(22)41(18)35(9,11)43(20)47(24)49(26)50(27)48(25)46(23)42(19,33)57(39)58(40,44)63(51)61(46,57)64(48)66(50)65(49)62(47)59(41,43)60(45,55)68(62,53(30,55)56)70(56,65)69(54,66)67(52,63)64/h7-30H,1-6H2. The molecule has 53 aliphatic rings. The normalized spacial score (nSPS) is 149. The van der Waals surface area contributed by atoms with E-state index < -0.39 is 0 Å². The van der Waals surface area contributed by atoms with Gasteiger partial charge in [-0.1, -0.05) is 0 Å². The summed E-state index contributed by atoms with van der Waals surface area (Å²) in [6.45, 7) is 0. The molecule has 53 rings (SSSR count). The fourth-order valence-corrected chi connectivity index (χ4v) is 83.2. The summed E-state index contributed by atoms with van der Waals surface area (Å²) < 4.78 is 0. The molecule has 0 aromatic carbocycles. The number of fused-ring (bicyclic) bond motifs is 18. The van der Waals surface area contributed by atoms with Crippen molar-refractivity contribution in [2.24, 2.45) is 359 Å². The average molecular weight is 877 g/mol. The lowest BCUT2D eigenvalue weighted by molar-refractivity contribution is -1.31. The van der Waals surface area contributed by atoms with Crippen LogP contribution in [0.4, 0.5) is 0 Å². The lowest BCUT2D eigenvalue weighted by Crippen LogP contribution is -3.74. The van der Waals surface area contributed by atoms with Crippen LogP contribution in [0, 0.1) is 359 Å². The molecule has 0 bridgehead atoms. The predicted molar refractivity (Wildman–Crippen MR) is 209 cm³/mol. The van der Waals surface area contributed by atoms with Gasteiger partial charge in [-0.3, -0.25) is 0 Å². The minimum Gasteiger partial charge on any atom is -0.0458 e. The lowest BCUT2D eigenvalue weighted by atomic mass is 8.27. The minimum absolute atomic E-state index is 1.04. The number of hydrogen-bond acceptors (Lipinski definition) is 0. The zero-order valence-electron chi connectivity index (χ0n) is 38.1. The minimum atomic E-state index is 1.04. The fourth-order valence-electron chi connectivity index (χ4n) is 83.2. The van der Waals surface area contributed by atoms with Gasteiger partial charge < -0.3 is 0 Å². The third-order valence-electron chi connectivity index (χ3n) is 63.8. The fraction of sp³-hybridized carbons (Fsp3) is 1.00. The second-order valence-electron chi connectivity index (χ2n) is 46.6. The molecule has 0 nitrogen and oxygen atoms in total. The van der Waals surface area contributed by atoms with Crippen LogP contribution >= 0.6 is 0 Å². The van der Waals surface area contributed by atoms with Gasteiger partial charge in [-0.25, -0.2) is 0 Å². The van der Waals surface area contributed by atoms with E-state index in [-0.39, 0.29) is 0 Å². The van der Waals surface area contributed by atoms with Crippen molar-refractivity contribution >= 4 is 0 Å². The maximum absolute atomic E-state index is 2.03. The Bertz CT molecular complexity index is 5290. The first-order chi connectivity index (χ1) is 34.8. The molecule has 40 spiro atoms. The van der Waals surface area contributed by atoms with Crippen molar-refractivity contribution in [1.29, 1.82) is 0 Å². The van der Waals surface area contributed by atoms with Crippen molar-refractivity contribution < 1.29 is 0 Å². The Kier molecular flexibility index (Phi) is 1.01. The van der Waals surface area contributed by atoms with Gasteiger partial charge >= 0.3 is 0 Å². The summed E-state index contributed by atoms with van der Waals surface area (Å²) in [7, 11) is 0. The summed E-state index contributed by atoms with van der Waals surface area (Å²) in [4.78, 5) is 0. The van der Waals surface area contributed by atoms with Crippen molar-refractivity contribution in [1.82, 2.24) is 0 Å².